The second-order valence-corrected chi connectivity index (χ2v) is 6.11. The van der Waals surface area contributed by atoms with Gasteiger partial charge in [-0.25, -0.2) is 0 Å². The van der Waals surface area contributed by atoms with Crippen LogP contribution in [0.2, 0.25) is 0 Å². The molecular weight excluding hydrogens is 322 g/mol. The number of hydrogen-bond acceptors (Lipinski definition) is 5. The van der Waals surface area contributed by atoms with E-state index in [1.165, 1.54) is 0 Å². The number of halogens is 1. The maximum absolute atomic E-state index is 12.3. The molecule has 7 nitrogen and oxygen atoms in total. The smallest absolute Gasteiger partial charge is 0.251 e. The summed E-state index contributed by atoms with van der Waals surface area (Å²) in [5.74, 6) is 0.210. The van der Waals surface area contributed by atoms with Crippen molar-refractivity contribution in [2.75, 3.05) is 52.5 Å². The van der Waals surface area contributed by atoms with E-state index >= 15 is 0 Å². The van der Waals surface area contributed by atoms with Crippen LogP contribution in [-0.2, 0) is 19.1 Å². The first-order chi connectivity index (χ1) is 10.7. The van der Waals surface area contributed by atoms with E-state index in [0.29, 0.717) is 45.8 Å². The molecule has 0 aromatic carbocycles. The average molecular weight is 348 g/mol. The molecule has 132 valence electrons. The van der Waals surface area contributed by atoms with Gasteiger partial charge in [0.05, 0.1) is 19.1 Å². The summed E-state index contributed by atoms with van der Waals surface area (Å²) in [5.41, 5.74) is 0. The van der Waals surface area contributed by atoms with Gasteiger partial charge in [0, 0.05) is 45.9 Å². The molecule has 1 N–H and O–H groups in total. The third kappa shape index (κ3) is 4.79. The van der Waals surface area contributed by atoms with Gasteiger partial charge in [0.25, 0.3) is 5.91 Å². The Morgan fingerprint density at radius 3 is 2.39 bits per heavy atom. The van der Waals surface area contributed by atoms with Crippen LogP contribution in [0.15, 0.2) is 0 Å². The van der Waals surface area contributed by atoms with Crippen LogP contribution in [0.3, 0.4) is 0 Å². The zero-order valence-electron chi connectivity index (χ0n) is 13.4. The number of rotatable bonds is 3. The fourth-order valence-corrected chi connectivity index (χ4v) is 3.23. The summed E-state index contributed by atoms with van der Waals surface area (Å²) < 4.78 is 11.0. The molecular formula is C15H26ClN3O4. The number of hydrogen-bond donors (Lipinski definition) is 1. The minimum Gasteiger partial charge on any atom is -0.375 e. The van der Waals surface area contributed by atoms with Gasteiger partial charge in [0.15, 0.2) is 0 Å². The molecule has 3 saturated heterocycles. The highest BCUT2D eigenvalue weighted by atomic mass is 35.5. The van der Waals surface area contributed by atoms with Crippen molar-refractivity contribution in [3.8, 4) is 0 Å². The van der Waals surface area contributed by atoms with Crippen molar-refractivity contribution in [1.82, 2.24) is 15.1 Å². The van der Waals surface area contributed by atoms with Gasteiger partial charge in [-0.3, -0.25) is 9.59 Å². The van der Waals surface area contributed by atoms with E-state index < -0.39 is 0 Å². The van der Waals surface area contributed by atoms with Crippen LogP contribution in [0.4, 0.5) is 0 Å². The molecule has 2 amide bonds. The zero-order chi connectivity index (χ0) is 15.4. The third-order valence-electron chi connectivity index (χ3n) is 4.56. The monoisotopic (exact) mass is 347 g/mol. The van der Waals surface area contributed by atoms with Crippen molar-refractivity contribution in [3.05, 3.63) is 0 Å². The average Bonchev–Trinajstić information content (AvgIpc) is 3.10. The van der Waals surface area contributed by atoms with E-state index in [1.807, 2.05) is 9.80 Å². The first-order valence-corrected chi connectivity index (χ1v) is 8.24. The lowest BCUT2D eigenvalue weighted by Crippen LogP contribution is -2.53. The molecule has 2 unspecified atom stereocenters. The largest absolute Gasteiger partial charge is 0.375 e. The number of piperazine rings is 1. The summed E-state index contributed by atoms with van der Waals surface area (Å²) in [4.78, 5) is 28.2. The first-order valence-electron chi connectivity index (χ1n) is 8.24. The van der Waals surface area contributed by atoms with Gasteiger partial charge in [-0.15, -0.1) is 12.4 Å². The van der Waals surface area contributed by atoms with Crippen molar-refractivity contribution in [2.45, 2.75) is 31.5 Å². The van der Waals surface area contributed by atoms with E-state index in [1.54, 1.807) is 0 Å². The fraction of sp³-hybridized carbons (Fsp3) is 0.867. The van der Waals surface area contributed by atoms with Crippen LogP contribution < -0.4 is 5.32 Å². The van der Waals surface area contributed by atoms with Gasteiger partial charge in [-0.05, 0) is 12.8 Å². The molecule has 0 radical (unpaired) electrons. The molecule has 3 rings (SSSR count). The number of nitrogens with one attached hydrogen (secondary N) is 1. The molecule has 23 heavy (non-hydrogen) atoms. The van der Waals surface area contributed by atoms with Crippen molar-refractivity contribution < 1.29 is 19.1 Å². The Morgan fingerprint density at radius 1 is 1.04 bits per heavy atom. The quantitative estimate of drug-likeness (QED) is 0.754. The third-order valence-corrected chi connectivity index (χ3v) is 4.56. The summed E-state index contributed by atoms with van der Waals surface area (Å²) in [6, 6.07) is 0. The summed E-state index contributed by atoms with van der Waals surface area (Å²) in [6.07, 6.45) is 1.93. The van der Waals surface area contributed by atoms with Gasteiger partial charge in [-0.1, -0.05) is 0 Å². The van der Waals surface area contributed by atoms with Gasteiger partial charge < -0.3 is 24.6 Å². The van der Waals surface area contributed by atoms with Crippen LogP contribution >= 0.6 is 12.4 Å². The Balaban J connectivity index is 0.00000192. The molecule has 0 bridgehead atoms. The van der Waals surface area contributed by atoms with E-state index in [0.717, 1.165) is 25.9 Å². The minimum absolute atomic E-state index is 0. The van der Waals surface area contributed by atoms with Crippen molar-refractivity contribution >= 4 is 24.2 Å². The van der Waals surface area contributed by atoms with Gasteiger partial charge in [-0.2, -0.15) is 0 Å². The maximum Gasteiger partial charge on any atom is 0.251 e. The van der Waals surface area contributed by atoms with Crippen LogP contribution in [0.1, 0.15) is 19.3 Å². The Bertz CT molecular complexity index is 404. The van der Waals surface area contributed by atoms with Crippen molar-refractivity contribution in [1.29, 1.82) is 0 Å². The first kappa shape index (κ1) is 18.4. The number of amides is 2. The number of carbonyl (C=O) groups is 2. The number of ether oxygens (including phenoxy) is 2. The lowest BCUT2D eigenvalue weighted by atomic mass is 10.1. The molecule has 8 heteroatoms. The lowest BCUT2D eigenvalue weighted by Gasteiger charge is -2.36. The summed E-state index contributed by atoms with van der Waals surface area (Å²) in [5, 5.41) is 3.23. The molecule has 2 atom stereocenters. The minimum atomic E-state index is -0.260. The van der Waals surface area contributed by atoms with Crippen LogP contribution in [0, 0.1) is 0 Å². The topological polar surface area (TPSA) is 71.1 Å². The van der Waals surface area contributed by atoms with Crippen LogP contribution in [0.5, 0.6) is 0 Å². The molecule has 0 spiro atoms. The normalized spacial score (nSPS) is 28.3. The summed E-state index contributed by atoms with van der Waals surface area (Å²) in [7, 11) is 0. The van der Waals surface area contributed by atoms with Gasteiger partial charge in [0.2, 0.25) is 5.91 Å². The zero-order valence-corrected chi connectivity index (χ0v) is 14.2. The second kappa shape index (κ2) is 8.82. The molecule has 0 aromatic rings. The van der Waals surface area contributed by atoms with Crippen LogP contribution in [0.25, 0.3) is 0 Å². The van der Waals surface area contributed by atoms with E-state index in [-0.39, 0.29) is 36.4 Å². The lowest BCUT2D eigenvalue weighted by molar-refractivity contribution is -0.147. The van der Waals surface area contributed by atoms with Crippen molar-refractivity contribution in [2.24, 2.45) is 0 Å². The number of morpholine rings is 1. The van der Waals surface area contributed by atoms with Crippen LogP contribution in [-0.4, -0.2) is 86.3 Å². The molecule has 0 aliphatic carbocycles. The molecule has 0 aromatic heterocycles. The standard InChI is InChI=1S/C15H25N3O4.ClH/c19-14(10-12-11-16-3-9-21-12)17-4-6-18(7-5-17)15(20)13-2-1-8-22-13;/h12-13,16H,1-11H2;1H. The predicted molar refractivity (Wildman–Crippen MR) is 86.6 cm³/mol. The predicted octanol–water partition coefficient (Wildman–Crippen LogP) is -0.363. The van der Waals surface area contributed by atoms with E-state index in [2.05, 4.69) is 5.32 Å². The highest BCUT2D eigenvalue weighted by Crippen LogP contribution is 2.16. The van der Waals surface area contributed by atoms with E-state index in [4.69, 9.17) is 9.47 Å². The van der Waals surface area contributed by atoms with Gasteiger partial charge in [0.1, 0.15) is 6.10 Å². The molecule has 3 aliphatic rings. The SMILES string of the molecule is Cl.O=C(CC1CNCCO1)N1CCN(C(=O)C2CCCO2)CC1. The Labute approximate surface area is 143 Å². The molecule has 3 heterocycles. The van der Waals surface area contributed by atoms with Gasteiger partial charge >= 0.3 is 0 Å². The number of nitrogens with zero attached hydrogens (tertiary/aromatic N) is 2. The summed E-state index contributed by atoms with van der Waals surface area (Å²) in [6.45, 7) is 5.38. The van der Waals surface area contributed by atoms with E-state index in [9.17, 15) is 9.59 Å². The number of carbonyl (C=O) groups excluding carboxylic acids is 2. The Morgan fingerprint density at radius 2 is 1.78 bits per heavy atom. The molecule has 3 aliphatic heterocycles. The van der Waals surface area contributed by atoms with Crippen molar-refractivity contribution in [3.63, 3.8) is 0 Å². The molecule has 0 saturated carbocycles. The Hall–Kier alpha value is -0.890. The Kier molecular flexibility index (Phi) is 7.08. The summed E-state index contributed by atoms with van der Waals surface area (Å²) >= 11 is 0. The molecule has 3 fully saturated rings. The maximum atomic E-state index is 12.3. The fourth-order valence-electron chi connectivity index (χ4n) is 3.23. The highest BCUT2D eigenvalue weighted by Gasteiger charge is 2.31. The second-order valence-electron chi connectivity index (χ2n) is 6.11. The highest BCUT2D eigenvalue weighted by molar-refractivity contribution is 5.85.